The molecule has 0 bridgehead atoms. The quantitative estimate of drug-likeness (QED) is 0.424. The van der Waals surface area contributed by atoms with Crippen molar-refractivity contribution in [3.8, 4) is 0 Å². The van der Waals surface area contributed by atoms with Crippen LogP contribution in [0.15, 0.2) is 12.3 Å². The maximum atomic E-state index is 12.1. The molecule has 0 atom stereocenters. The zero-order valence-electron chi connectivity index (χ0n) is 7.11. The van der Waals surface area contributed by atoms with Gasteiger partial charge in [0, 0.05) is 6.20 Å². The molecule has 2 aliphatic heterocycles. The van der Waals surface area contributed by atoms with Gasteiger partial charge in [0.25, 0.3) is 0 Å². The number of hydrogen-bond donors (Lipinski definition) is 0. The molecule has 68 valence electrons. The van der Waals surface area contributed by atoms with Crippen molar-refractivity contribution >= 4 is 0 Å². The van der Waals surface area contributed by atoms with Crippen LogP contribution in [0.3, 0.4) is 0 Å². The van der Waals surface area contributed by atoms with Gasteiger partial charge in [-0.25, -0.2) is 5.01 Å². The van der Waals surface area contributed by atoms with Crippen LogP contribution in [0.2, 0.25) is 0 Å². The molecule has 0 aromatic carbocycles. The smallest absolute Gasteiger partial charge is 0.125 e. The molecule has 1 fully saturated rings. The van der Waals surface area contributed by atoms with Gasteiger partial charge in [0.15, 0.2) is 0 Å². The first-order valence-electron chi connectivity index (χ1n) is 4.41. The molecule has 4 nitrogen and oxygen atoms in total. The summed E-state index contributed by atoms with van der Waals surface area (Å²) in [6.07, 6.45) is 4.97. The Labute approximate surface area is 72.2 Å². The normalized spacial score (nSPS) is 27.9. The van der Waals surface area contributed by atoms with E-state index in [0.29, 0.717) is 26.3 Å². The fourth-order valence-corrected chi connectivity index (χ4v) is 1.67. The highest BCUT2D eigenvalue weighted by Gasteiger charge is 2.28. The fraction of sp³-hybridized carbons (Fsp3) is 0.750. The average molecular weight is 170 g/mol. The molecule has 0 aliphatic carbocycles. The summed E-state index contributed by atoms with van der Waals surface area (Å²) in [5.41, 5.74) is 0. The molecule has 0 spiro atoms. The van der Waals surface area contributed by atoms with Crippen molar-refractivity contribution in [3.63, 3.8) is 0 Å². The number of quaternary nitrogens is 1. The molecule has 4 heteroatoms. The molecule has 2 rings (SSSR count). The van der Waals surface area contributed by atoms with E-state index in [1.54, 1.807) is 0 Å². The van der Waals surface area contributed by atoms with Crippen LogP contribution in [-0.4, -0.2) is 42.6 Å². The molecule has 0 unspecified atom stereocenters. The molecule has 0 amide bonds. The summed E-state index contributed by atoms with van der Waals surface area (Å²) in [6.45, 7) is 3.17. The SMILES string of the molecule is [O-][N+]1(N2C=CCC2)CCOCC1. The third-order valence-electron chi connectivity index (χ3n) is 2.44. The Hall–Kier alpha value is -0.580. The van der Waals surface area contributed by atoms with Gasteiger partial charge in [0.2, 0.25) is 0 Å². The largest absolute Gasteiger partial charge is 0.606 e. The van der Waals surface area contributed by atoms with Crippen molar-refractivity contribution in [2.24, 2.45) is 0 Å². The lowest BCUT2D eigenvalue weighted by atomic mass is 10.4. The minimum atomic E-state index is -0.212. The first-order chi connectivity index (χ1) is 5.81. The number of morpholine rings is 1. The van der Waals surface area contributed by atoms with Crippen LogP contribution < -0.4 is 0 Å². The Bertz CT molecular complexity index is 187. The van der Waals surface area contributed by atoms with Crippen LogP contribution >= 0.6 is 0 Å². The Balaban J connectivity index is 2.02. The van der Waals surface area contributed by atoms with Gasteiger partial charge in [-0.15, -0.1) is 0 Å². The second-order valence-electron chi connectivity index (χ2n) is 3.24. The lowest BCUT2D eigenvalue weighted by Crippen LogP contribution is -2.58. The molecule has 12 heavy (non-hydrogen) atoms. The fourth-order valence-electron chi connectivity index (χ4n) is 1.67. The van der Waals surface area contributed by atoms with Gasteiger partial charge in [-0.1, -0.05) is 6.08 Å². The molecular weight excluding hydrogens is 156 g/mol. The Morgan fingerprint density at radius 1 is 1.33 bits per heavy atom. The van der Waals surface area contributed by atoms with Crippen molar-refractivity contribution in [2.45, 2.75) is 6.42 Å². The first-order valence-corrected chi connectivity index (χ1v) is 4.41. The maximum absolute atomic E-state index is 12.1. The van der Waals surface area contributed by atoms with E-state index in [2.05, 4.69) is 0 Å². The second kappa shape index (κ2) is 3.05. The molecule has 0 aromatic heterocycles. The van der Waals surface area contributed by atoms with E-state index in [0.717, 1.165) is 13.0 Å². The topological polar surface area (TPSA) is 35.5 Å². The lowest BCUT2D eigenvalue weighted by molar-refractivity contribution is -0.990. The summed E-state index contributed by atoms with van der Waals surface area (Å²) in [5, 5.41) is 13.9. The zero-order valence-corrected chi connectivity index (χ0v) is 7.11. The average Bonchev–Trinajstić information content (AvgIpc) is 2.58. The van der Waals surface area contributed by atoms with Crippen molar-refractivity contribution in [3.05, 3.63) is 17.5 Å². The molecule has 2 aliphatic rings. The molecular formula is C8H14N2O2. The maximum Gasteiger partial charge on any atom is 0.125 e. The van der Waals surface area contributed by atoms with Crippen molar-refractivity contribution in [2.75, 3.05) is 32.8 Å². The molecule has 2 heterocycles. The van der Waals surface area contributed by atoms with Crippen molar-refractivity contribution in [1.29, 1.82) is 0 Å². The molecule has 0 saturated carbocycles. The summed E-state index contributed by atoms with van der Waals surface area (Å²) in [4.78, 5) is 0. The van der Waals surface area contributed by atoms with E-state index in [4.69, 9.17) is 4.74 Å². The van der Waals surface area contributed by atoms with Gasteiger partial charge in [-0.2, -0.15) is 0 Å². The minimum absolute atomic E-state index is 0.212. The van der Waals surface area contributed by atoms with Crippen LogP contribution in [0, 0.1) is 5.21 Å². The van der Waals surface area contributed by atoms with Crippen LogP contribution in [-0.2, 0) is 4.74 Å². The number of nitrogens with zero attached hydrogens (tertiary/aromatic N) is 2. The van der Waals surface area contributed by atoms with Gasteiger partial charge >= 0.3 is 0 Å². The van der Waals surface area contributed by atoms with E-state index >= 15 is 0 Å². The highest BCUT2D eigenvalue weighted by atomic mass is 16.6. The number of hydroxylamine groups is 2. The van der Waals surface area contributed by atoms with Gasteiger partial charge in [0.1, 0.15) is 13.1 Å². The molecule has 0 aromatic rings. The standard InChI is InChI=1S/C8H14N2O2/c11-10(5-7-12-8-6-10)9-3-1-2-4-9/h1,3H,2,4-8H2. The monoisotopic (exact) mass is 170 g/mol. The third kappa shape index (κ3) is 1.33. The van der Waals surface area contributed by atoms with Gasteiger partial charge in [-0.3, -0.25) is 4.76 Å². The van der Waals surface area contributed by atoms with Crippen LogP contribution in [0.25, 0.3) is 0 Å². The minimum Gasteiger partial charge on any atom is -0.606 e. The first kappa shape index (κ1) is 8.04. The summed E-state index contributed by atoms with van der Waals surface area (Å²) in [5.74, 6) is 0. The number of ether oxygens (including phenoxy) is 1. The molecule has 1 saturated heterocycles. The predicted molar refractivity (Wildman–Crippen MR) is 44.6 cm³/mol. The molecule has 0 radical (unpaired) electrons. The van der Waals surface area contributed by atoms with Crippen LogP contribution in [0.5, 0.6) is 0 Å². The summed E-state index contributed by atoms with van der Waals surface area (Å²) >= 11 is 0. The second-order valence-corrected chi connectivity index (χ2v) is 3.24. The van der Waals surface area contributed by atoms with Gasteiger partial charge < -0.3 is 9.94 Å². The Kier molecular flexibility index (Phi) is 2.04. The lowest BCUT2D eigenvalue weighted by Gasteiger charge is -2.49. The Morgan fingerprint density at radius 3 is 2.67 bits per heavy atom. The Morgan fingerprint density at radius 2 is 2.08 bits per heavy atom. The summed E-state index contributed by atoms with van der Waals surface area (Å²) in [6, 6.07) is 0. The van der Waals surface area contributed by atoms with E-state index < -0.39 is 0 Å². The summed E-state index contributed by atoms with van der Waals surface area (Å²) in [7, 11) is 0. The van der Waals surface area contributed by atoms with Gasteiger partial charge in [0.05, 0.1) is 19.8 Å². The van der Waals surface area contributed by atoms with E-state index in [1.165, 1.54) is 0 Å². The summed E-state index contributed by atoms with van der Waals surface area (Å²) < 4.78 is 4.95. The third-order valence-corrected chi connectivity index (χ3v) is 2.44. The number of rotatable bonds is 1. The van der Waals surface area contributed by atoms with Gasteiger partial charge in [-0.05, 0) is 6.42 Å². The van der Waals surface area contributed by atoms with E-state index in [1.807, 2.05) is 17.3 Å². The van der Waals surface area contributed by atoms with Crippen LogP contribution in [0.4, 0.5) is 0 Å². The number of hydrogen-bond acceptors (Lipinski definition) is 3. The van der Waals surface area contributed by atoms with E-state index in [-0.39, 0.29) is 4.76 Å². The predicted octanol–water partition coefficient (Wildman–Crippen LogP) is 0.466. The molecule has 0 N–H and O–H groups in total. The van der Waals surface area contributed by atoms with Crippen molar-refractivity contribution < 1.29 is 9.49 Å². The highest BCUT2D eigenvalue weighted by Crippen LogP contribution is 2.18. The zero-order chi connectivity index (χ0) is 8.44. The van der Waals surface area contributed by atoms with E-state index in [9.17, 15) is 5.21 Å². The highest BCUT2D eigenvalue weighted by molar-refractivity contribution is 4.87. The van der Waals surface area contributed by atoms with Crippen molar-refractivity contribution in [1.82, 2.24) is 5.01 Å². The van der Waals surface area contributed by atoms with Crippen LogP contribution in [0.1, 0.15) is 6.42 Å².